The van der Waals surface area contributed by atoms with Crippen molar-refractivity contribution in [3.63, 3.8) is 0 Å². The standard InChI is InChI=1S/C32H29ClN2O6S/c1-5-40-31(37)28-19(2)34-32-35(29(28)21-11-13-25(38-3)26(16-21)39-4)30(36)27(42-32)17-22-15-23(33)12-14-24(22)41-18-20-9-7-6-8-10-20/h6-17,29H,5,18H2,1-4H3. The number of carbonyl (C=O) groups excluding carboxylic acids is 1. The molecule has 1 aromatic heterocycles. The van der Waals surface area contributed by atoms with Crippen LogP contribution in [0.1, 0.15) is 36.6 Å². The van der Waals surface area contributed by atoms with Gasteiger partial charge in [-0.1, -0.05) is 59.3 Å². The SMILES string of the molecule is CCOC(=O)C1=C(C)N=c2sc(=Cc3cc(Cl)ccc3OCc3ccccc3)c(=O)n2C1c1ccc(OC)c(OC)c1. The van der Waals surface area contributed by atoms with Crippen molar-refractivity contribution in [1.29, 1.82) is 0 Å². The topological polar surface area (TPSA) is 88.4 Å². The lowest BCUT2D eigenvalue weighted by Crippen LogP contribution is -2.40. The fraction of sp³-hybridized carbons (Fsp3) is 0.219. The highest BCUT2D eigenvalue weighted by atomic mass is 35.5. The summed E-state index contributed by atoms with van der Waals surface area (Å²) in [6.45, 7) is 4.01. The van der Waals surface area contributed by atoms with Crippen molar-refractivity contribution in [2.24, 2.45) is 4.99 Å². The number of rotatable bonds is 9. The fourth-order valence-electron chi connectivity index (χ4n) is 4.77. The Labute approximate surface area is 251 Å². The number of thiazole rings is 1. The number of aromatic nitrogens is 1. The van der Waals surface area contributed by atoms with Crippen molar-refractivity contribution in [1.82, 2.24) is 4.57 Å². The summed E-state index contributed by atoms with van der Waals surface area (Å²) in [4.78, 5) is 32.4. The molecule has 4 aromatic rings. The van der Waals surface area contributed by atoms with Gasteiger partial charge in [0, 0.05) is 10.6 Å². The van der Waals surface area contributed by atoms with Crippen molar-refractivity contribution in [3.05, 3.63) is 119 Å². The van der Waals surface area contributed by atoms with Crippen LogP contribution in [0.2, 0.25) is 5.02 Å². The zero-order valence-electron chi connectivity index (χ0n) is 23.5. The number of benzene rings is 3. The van der Waals surface area contributed by atoms with Crippen LogP contribution in [0.15, 0.2) is 87.8 Å². The number of carbonyl (C=O) groups is 1. The molecule has 3 aromatic carbocycles. The molecular weight excluding hydrogens is 576 g/mol. The number of fused-ring (bicyclic) bond motifs is 1. The van der Waals surface area contributed by atoms with Crippen LogP contribution in [0, 0.1) is 0 Å². The molecule has 2 heterocycles. The molecule has 1 aliphatic rings. The average Bonchev–Trinajstić information content (AvgIpc) is 3.30. The highest BCUT2D eigenvalue weighted by molar-refractivity contribution is 7.07. The summed E-state index contributed by atoms with van der Waals surface area (Å²) in [6.07, 6.45) is 1.74. The molecule has 0 saturated heterocycles. The summed E-state index contributed by atoms with van der Waals surface area (Å²) in [5, 5.41) is 0.504. The van der Waals surface area contributed by atoms with Crippen LogP contribution >= 0.6 is 22.9 Å². The smallest absolute Gasteiger partial charge is 0.338 e. The maximum absolute atomic E-state index is 14.1. The molecule has 0 spiro atoms. The van der Waals surface area contributed by atoms with Crippen molar-refractivity contribution in [2.75, 3.05) is 20.8 Å². The predicted octanol–water partition coefficient (Wildman–Crippen LogP) is 5.05. The first-order chi connectivity index (χ1) is 20.3. The minimum atomic E-state index is -0.796. The van der Waals surface area contributed by atoms with Crippen molar-refractivity contribution in [2.45, 2.75) is 26.5 Å². The Morgan fingerprint density at radius 1 is 1.02 bits per heavy atom. The number of halogens is 1. The highest BCUT2D eigenvalue weighted by Crippen LogP contribution is 2.36. The Balaban J connectivity index is 1.65. The monoisotopic (exact) mass is 604 g/mol. The summed E-state index contributed by atoms with van der Waals surface area (Å²) in [5.74, 6) is 1.03. The van der Waals surface area contributed by atoms with Crippen LogP contribution in [0.3, 0.4) is 0 Å². The second-order valence-corrected chi connectivity index (χ2v) is 10.8. The van der Waals surface area contributed by atoms with E-state index >= 15 is 0 Å². The van der Waals surface area contributed by atoms with Gasteiger partial charge in [-0.05, 0) is 61.4 Å². The van der Waals surface area contributed by atoms with E-state index in [4.69, 9.17) is 30.5 Å². The molecule has 1 aliphatic heterocycles. The Morgan fingerprint density at radius 2 is 1.76 bits per heavy atom. The van der Waals surface area contributed by atoms with Gasteiger partial charge in [-0.3, -0.25) is 9.36 Å². The van der Waals surface area contributed by atoms with E-state index in [-0.39, 0.29) is 17.7 Å². The zero-order valence-corrected chi connectivity index (χ0v) is 25.1. The lowest BCUT2D eigenvalue weighted by Gasteiger charge is -2.25. The lowest BCUT2D eigenvalue weighted by molar-refractivity contribution is -0.139. The minimum Gasteiger partial charge on any atom is -0.493 e. The molecular formula is C32H29ClN2O6S. The third-order valence-electron chi connectivity index (χ3n) is 6.74. The van der Waals surface area contributed by atoms with E-state index < -0.39 is 12.0 Å². The average molecular weight is 605 g/mol. The number of hydrogen-bond donors (Lipinski definition) is 0. The van der Waals surface area contributed by atoms with Gasteiger partial charge in [0.05, 0.1) is 42.7 Å². The molecule has 0 saturated carbocycles. The van der Waals surface area contributed by atoms with Gasteiger partial charge in [0.15, 0.2) is 16.3 Å². The molecule has 10 heteroatoms. The number of hydrogen-bond acceptors (Lipinski definition) is 8. The van der Waals surface area contributed by atoms with E-state index in [2.05, 4.69) is 4.99 Å². The van der Waals surface area contributed by atoms with Gasteiger partial charge < -0.3 is 18.9 Å². The molecule has 0 N–H and O–H groups in total. The zero-order chi connectivity index (χ0) is 29.8. The first-order valence-electron chi connectivity index (χ1n) is 13.2. The first kappa shape index (κ1) is 29.2. The maximum atomic E-state index is 14.1. The number of allylic oxidation sites excluding steroid dienone is 1. The number of ether oxygens (including phenoxy) is 4. The second kappa shape index (κ2) is 12.7. The van der Waals surface area contributed by atoms with Gasteiger partial charge >= 0.3 is 5.97 Å². The molecule has 1 atom stereocenters. The summed E-state index contributed by atoms with van der Waals surface area (Å²) in [7, 11) is 3.07. The van der Waals surface area contributed by atoms with Crippen LogP contribution in [0.4, 0.5) is 0 Å². The van der Waals surface area contributed by atoms with Crippen molar-refractivity contribution >= 4 is 35.0 Å². The van der Waals surface area contributed by atoms with E-state index in [1.54, 1.807) is 63.4 Å². The summed E-state index contributed by atoms with van der Waals surface area (Å²) >= 11 is 7.57. The third kappa shape index (κ3) is 5.84. The van der Waals surface area contributed by atoms with Gasteiger partial charge in [-0.2, -0.15) is 0 Å². The van der Waals surface area contributed by atoms with Crippen LogP contribution in [-0.2, 0) is 16.1 Å². The van der Waals surface area contributed by atoms with E-state index in [9.17, 15) is 9.59 Å². The molecule has 0 fully saturated rings. The fourth-order valence-corrected chi connectivity index (χ4v) is 5.99. The van der Waals surface area contributed by atoms with Crippen LogP contribution in [-0.4, -0.2) is 31.4 Å². The second-order valence-electron chi connectivity index (χ2n) is 9.37. The van der Waals surface area contributed by atoms with Gasteiger partial charge in [0.25, 0.3) is 5.56 Å². The highest BCUT2D eigenvalue weighted by Gasteiger charge is 2.34. The Morgan fingerprint density at radius 3 is 2.48 bits per heavy atom. The predicted molar refractivity (Wildman–Crippen MR) is 162 cm³/mol. The van der Waals surface area contributed by atoms with Crippen LogP contribution in [0.5, 0.6) is 17.2 Å². The van der Waals surface area contributed by atoms with Crippen molar-refractivity contribution < 1.29 is 23.7 Å². The Hall–Kier alpha value is -4.34. The molecule has 1 unspecified atom stereocenters. The Kier molecular flexibility index (Phi) is 8.80. The largest absolute Gasteiger partial charge is 0.493 e. The molecule has 0 aliphatic carbocycles. The van der Waals surface area contributed by atoms with Gasteiger partial charge in [-0.15, -0.1) is 0 Å². The van der Waals surface area contributed by atoms with Crippen LogP contribution < -0.4 is 29.1 Å². The van der Waals surface area contributed by atoms with E-state index in [1.807, 2.05) is 30.3 Å². The van der Waals surface area contributed by atoms with Crippen molar-refractivity contribution in [3.8, 4) is 17.2 Å². The lowest BCUT2D eigenvalue weighted by atomic mass is 9.95. The molecule has 0 radical (unpaired) electrons. The molecule has 0 bridgehead atoms. The molecule has 216 valence electrons. The molecule has 5 rings (SSSR count). The third-order valence-corrected chi connectivity index (χ3v) is 7.95. The van der Waals surface area contributed by atoms with Crippen LogP contribution in [0.25, 0.3) is 6.08 Å². The first-order valence-corrected chi connectivity index (χ1v) is 14.4. The minimum absolute atomic E-state index is 0.180. The maximum Gasteiger partial charge on any atom is 0.338 e. The number of esters is 1. The Bertz CT molecular complexity index is 1840. The van der Waals surface area contributed by atoms with E-state index in [1.165, 1.54) is 23.0 Å². The summed E-state index contributed by atoms with van der Waals surface area (Å²) in [5.41, 5.74) is 2.73. The molecule has 0 amide bonds. The summed E-state index contributed by atoms with van der Waals surface area (Å²) < 4.78 is 24.4. The quantitative estimate of drug-likeness (QED) is 0.249. The van der Waals surface area contributed by atoms with Gasteiger partial charge in [0.2, 0.25) is 0 Å². The molecule has 8 nitrogen and oxygen atoms in total. The van der Waals surface area contributed by atoms with Gasteiger partial charge in [-0.25, -0.2) is 9.79 Å². The van der Waals surface area contributed by atoms with Gasteiger partial charge in [0.1, 0.15) is 12.4 Å². The molecule has 42 heavy (non-hydrogen) atoms. The number of nitrogens with zero attached hydrogens (tertiary/aromatic N) is 2. The normalized spacial score (nSPS) is 14.7. The summed E-state index contributed by atoms with van der Waals surface area (Å²) in [6, 6.07) is 19.6. The van der Waals surface area contributed by atoms with E-state index in [0.29, 0.717) is 55.0 Å². The number of methoxy groups -OCH3 is 2. The van der Waals surface area contributed by atoms with E-state index in [0.717, 1.165) is 5.56 Å².